The van der Waals surface area contributed by atoms with Gasteiger partial charge in [-0.2, -0.15) is 4.31 Å². The van der Waals surface area contributed by atoms with E-state index in [0.29, 0.717) is 37.2 Å². The number of sulfonamides is 1. The Morgan fingerprint density at radius 3 is 2.27 bits per heavy atom. The van der Waals surface area contributed by atoms with Crippen molar-refractivity contribution >= 4 is 27.7 Å². The van der Waals surface area contributed by atoms with Gasteiger partial charge >= 0.3 is 6.09 Å². The maximum atomic E-state index is 13.2. The second kappa shape index (κ2) is 10.6. The maximum absolute atomic E-state index is 13.2. The molecule has 4 heterocycles. The Morgan fingerprint density at radius 2 is 1.62 bits per heavy atom. The molecule has 1 N–H and O–H groups in total. The average Bonchev–Trinajstić information content (AvgIpc) is 3.57. The van der Waals surface area contributed by atoms with E-state index in [1.807, 2.05) is 9.91 Å². The highest BCUT2D eigenvalue weighted by Crippen LogP contribution is 2.40. The number of anilines is 1. The first-order chi connectivity index (χ1) is 17.8. The fraction of sp³-hybridized carbons (Fsp3) is 0.680. The van der Waals surface area contributed by atoms with E-state index < -0.39 is 16.1 Å². The average molecular weight is 535 g/mol. The zero-order valence-electron chi connectivity index (χ0n) is 21.3. The highest BCUT2D eigenvalue weighted by molar-refractivity contribution is 7.89. The monoisotopic (exact) mass is 534 g/mol. The third kappa shape index (κ3) is 5.18. The minimum absolute atomic E-state index is 0.0526. The number of hydrogen-bond acceptors (Lipinski definition) is 6. The number of hydrazine groups is 1. The minimum atomic E-state index is -3.63. The molecule has 0 aliphatic carbocycles. The zero-order valence-corrected chi connectivity index (χ0v) is 22.1. The number of nitrogens with one attached hydrogen (secondary N) is 1. The van der Waals surface area contributed by atoms with Crippen molar-refractivity contribution in [3.8, 4) is 0 Å². The Balaban J connectivity index is 1.19. The van der Waals surface area contributed by atoms with E-state index in [4.69, 9.17) is 0 Å². The topological polar surface area (TPSA) is 119 Å². The number of benzene rings is 1. The molecule has 202 valence electrons. The van der Waals surface area contributed by atoms with Gasteiger partial charge in [-0.05, 0) is 74.6 Å². The summed E-state index contributed by atoms with van der Waals surface area (Å²) in [5, 5.41) is 4.37. The number of fused-ring (bicyclic) bond motifs is 1. The third-order valence-corrected chi connectivity index (χ3v) is 10.5. The van der Waals surface area contributed by atoms with Crippen LogP contribution in [0.4, 0.5) is 10.5 Å². The van der Waals surface area contributed by atoms with Gasteiger partial charge in [-0.15, -0.1) is 5.01 Å². The van der Waals surface area contributed by atoms with Gasteiger partial charge in [0.15, 0.2) is 0 Å². The van der Waals surface area contributed by atoms with Crippen LogP contribution in [0.15, 0.2) is 29.2 Å². The lowest BCUT2D eigenvalue weighted by molar-refractivity contribution is -0.692. The molecule has 4 fully saturated rings. The quantitative estimate of drug-likeness (QED) is 0.576. The SMILES string of the molecule is COC(=O)Nc1ccc(S(=O)(=O)N2CCC(C3CCN4C(C3)C(C(=O)N3CCCC3)C[N+]4=O)CC2)cc1. The normalized spacial score (nSPS) is 27.3. The molecule has 12 heteroatoms. The Hall–Kier alpha value is -2.73. The molecule has 2 amide bonds. The Kier molecular flexibility index (Phi) is 7.39. The predicted octanol–water partition coefficient (Wildman–Crippen LogP) is 2.29. The summed E-state index contributed by atoms with van der Waals surface area (Å²) in [4.78, 5) is 40.2. The van der Waals surface area contributed by atoms with Crippen molar-refractivity contribution in [3.05, 3.63) is 29.2 Å². The van der Waals surface area contributed by atoms with Crippen LogP contribution in [-0.4, -0.2) is 91.9 Å². The van der Waals surface area contributed by atoms with Crippen molar-refractivity contribution in [1.29, 1.82) is 0 Å². The standard InChI is InChI=1S/C25H35N5O6S/c1-36-25(32)26-20-4-6-21(7-5-20)37(34,35)28-13-8-18(9-14-28)19-10-15-29-23(16-19)22(17-30(29)33)24(31)27-11-2-3-12-27/h4-7,18-19,22-23H,2-3,8-17H2,1H3/p+1. The van der Waals surface area contributed by atoms with E-state index in [-0.39, 0.29) is 29.3 Å². The van der Waals surface area contributed by atoms with Crippen LogP contribution < -0.4 is 5.32 Å². The number of rotatable bonds is 5. The largest absolute Gasteiger partial charge is 0.453 e. The van der Waals surface area contributed by atoms with Crippen molar-refractivity contribution in [2.24, 2.45) is 17.8 Å². The van der Waals surface area contributed by atoms with Crippen LogP contribution in [0.2, 0.25) is 0 Å². The van der Waals surface area contributed by atoms with Gasteiger partial charge in [0, 0.05) is 31.9 Å². The highest BCUT2D eigenvalue weighted by Gasteiger charge is 2.54. The van der Waals surface area contributed by atoms with Gasteiger partial charge in [0.25, 0.3) is 0 Å². The molecule has 37 heavy (non-hydrogen) atoms. The van der Waals surface area contributed by atoms with Crippen LogP contribution in [-0.2, 0) is 19.6 Å². The van der Waals surface area contributed by atoms with Gasteiger partial charge in [0.05, 0.1) is 23.5 Å². The van der Waals surface area contributed by atoms with Crippen molar-refractivity contribution in [2.45, 2.75) is 49.5 Å². The summed E-state index contributed by atoms with van der Waals surface area (Å²) in [5.74, 6) is 0.620. The van der Waals surface area contributed by atoms with Gasteiger partial charge in [0.1, 0.15) is 16.8 Å². The van der Waals surface area contributed by atoms with Crippen molar-refractivity contribution < 1.29 is 27.6 Å². The molecular formula is C25H36N5O6S+. The van der Waals surface area contributed by atoms with Crippen molar-refractivity contribution in [2.75, 3.05) is 51.7 Å². The van der Waals surface area contributed by atoms with Crippen LogP contribution in [0.3, 0.4) is 0 Å². The van der Waals surface area contributed by atoms with E-state index in [9.17, 15) is 22.9 Å². The molecule has 0 saturated carbocycles. The number of amides is 2. The van der Waals surface area contributed by atoms with Crippen LogP contribution in [0.5, 0.6) is 0 Å². The summed E-state index contributed by atoms with van der Waals surface area (Å²) < 4.78 is 32.5. The number of methoxy groups -OCH3 is 1. The van der Waals surface area contributed by atoms with Gasteiger partial charge < -0.3 is 9.64 Å². The molecule has 11 nitrogen and oxygen atoms in total. The van der Waals surface area contributed by atoms with Gasteiger partial charge in [-0.3, -0.25) is 10.1 Å². The van der Waals surface area contributed by atoms with Gasteiger partial charge in [0.2, 0.25) is 22.5 Å². The summed E-state index contributed by atoms with van der Waals surface area (Å²) >= 11 is 0. The minimum Gasteiger partial charge on any atom is -0.453 e. The summed E-state index contributed by atoms with van der Waals surface area (Å²) in [5.41, 5.74) is 0.459. The smallest absolute Gasteiger partial charge is 0.411 e. The lowest BCUT2D eigenvalue weighted by Gasteiger charge is -2.40. The number of hydrogen-bond donors (Lipinski definition) is 1. The van der Waals surface area contributed by atoms with Crippen molar-refractivity contribution in [1.82, 2.24) is 14.2 Å². The van der Waals surface area contributed by atoms with Crippen LogP contribution in [0.25, 0.3) is 0 Å². The fourth-order valence-corrected chi connectivity index (χ4v) is 7.99. The summed E-state index contributed by atoms with van der Waals surface area (Å²) in [6.45, 7) is 3.39. The number of nitroso groups, excluding NO2 is 1. The molecule has 3 atom stereocenters. The first-order valence-corrected chi connectivity index (χ1v) is 14.7. The number of nitrogens with zero attached hydrogens (tertiary/aromatic N) is 4. The summed E-state index contributed by atoms with van der Waals surface area (Å²) in [6, 6.07) is 6.03. The molecule has 0 spiro atoms. The van der Waals surface area contributed by atoms with E-state index >= 15 is 0 Å². The molecule has 4 aliphatic heterocycles. The van der Waals surface area contributed by atoms with E-state index in [2.05, 4.69) is 10.1 Å². The van der Waals surface area contributed by atoms with Crippen LogP contribution >= 0.6 is 0 Å². The second-order valence-electron chi connectivity index (χ2n) is 10.6. The summed E-state index contributed by atoms with van der Waals surface area (Å²) in [7, 11) is -2.37. The molecule has 1 aromatic carbocycles. The lowest BCUT2D eigenvalue weighted by atomic mass is 9.75. The van der Waals surface area contributed by atoms with Crippen LogP contribution in [0.1, 0.15) is 38.5 Å². The zero-order chi connectivity index (χ0) is 26.2. The molecule has 1 aromatic rings. The van der Waals surface area contributed by atoms with E-state index in [1.54, 1.807) is 12.1 Å². The lowest BCUT2D eigenvalue weighted by Crippen LogP contribution is -2.49. The van der Waals surface area contributed by atoms with Gasteiger partial charge in [-0.1, -0.05) is 0 Å². The maximum Gasteiger partial charge on any atom is 0.411 e. The number of carbonyl (C=O) groups excluding carboxylic acids is 2. The molecule has 0 radical (unpaired) electrons. The number of likely N-dealkylation sites (tertiary alicyclic amines) is 1. The molecule has 4 aliphatic rings. The first kappa shape index (κ1) is 25.9. The summed E-state index contributed by atoms with van der Waals surface area (Å²) in [6.07, 6.45) is 4.70. The Morgan fingerprint density at radius 1 is 0.973 bits per heavy atom. The third-order valence-electron chi connectivity index (χ3n) is 8.58. The highest BCUT2D eigenvalue weighted by atomic mass is 32.2. The number of carbonyl (C=O) groups is 2. The predicted molar refractivity (Wildman–Crippen MR) is 135 cm³/mol. The molecular weight excluding hydrogens is 498 g/mol. The van der Waals surface area contributed by atoms with E-state index in [0.717, 1.165) is 56.5 Å². The molecule has 4 saturated heterocycles. The molecule has 5 rings (SSSR count). The molecule has 0 bridgehead atoms. The first-order valence-electron chi connectivity index (χ1n) is 13.2. The van der Waals surface area contributed by atoms with Crippen LogP contribution in [0, 0.1) is 22.7 Å². The fourth-order valence-electron chi connectivity index (χ4n) is 6.52. The van der Waals surface area contributed by atoms with Crippen molar-refractivity contribution in [3.63, 3.8) is 0 Å². The second-order valence-corrected chi connectivity index (χ2v) is 12.5. The number of ether oxygens (including phenoxy) is 1. The van der Waals surface area contributed by atoms with E-state index in [1.165, 1.54) is 23.5 Å². The number of piperidine rings is 2. The Labute approximate surface area is 217 Å². The molecule has 0 aromatic heterocycles. The molecule has 3 unspecified atom stereocenters. The van der Waals surface area contributed by atoms with Gasteiger partial charge in [-0.25, -0.2) is 13.2 Å². The Bertz CT molecular complexity index is 1130.